The number of carbonyl (C=O) groups excluding carboxylic acids is 2. The summed E-state index contributed by atoms with van der Waals surface area (Å²) in [5, 5.41) is 0.539. The van der Waals surface area contributed by atoms with Gasteiger partial charge in [0.25, 0.3) is 5.56 Å². The number of thioether (sulfide) groups is 2. The van der Waals surface area contributed by atoms with E-state index in [0.29, 0.717) is 29.7 Å². The highest BCUT2D eigenvalue weighted by Gasteiger charge is 2.31. The minimum absolute atomic E-state index is 0.0508. The summed E-state index contributed by atoms with van der Waals surface area (Å²) in [6.45, 7) is 2.02. The maximum absolute atomic E-state index is 12.0. The van der Waals surface area contributed by atoms with Gasteiger partial charge in [-0.2, -0.15) is 0 Å². The van der Waals surface area contributed by atoms with E-state index in [1.165, 1.54) is 41.4 Å². The monoisotopic (exact) mass is 313 g/mol. The Labute approximate surface area is 124 Å². The van der Waals surface area contributed by atoms with E-state index in [4.69, 9.17) is 0 Å². The molecule has 1 aromatic rings. The van der Waals surface area contributed by atoms with Crippen molar-refractivity contribution in [3.05, 3.63) is 16.4 Å². The van der Waals surface area contributed by atoms with Gasteiger partial charge in [-0.15, -0.1) is 0 Å². The first-order chi connectivity index (χ1) is 9.49. The van der Waals surface area contributed by atoms with Gasteiger partial charge >= 0.3 is 0 Å². The third-order valence-electron chi connectivity index (χ3n) is 2.90. The number of H-pyrrole nitrogens is 1. The molecule has 0 radical (unpaired) electrons. The molecule has 1 N–H and O–H groups in total. The predicted molar refractivity (Wildman–Crippen MR) is 80.2 cm³/mol. The van der Waals surface area contributed by atoms with E-state index in [0.717, 1.165) is 0 Å². The van der Waals surface area contributed by atoms with Crippen LogP contribution < -0.4 is 10.5 Å². The Morgan fingerprint density at radius 2 is 2.30 bits per heavy atom. The standard InChI is InChI=1S/C12H15N3O3S2/c1-7(16)20-6-8-3-11(18)15(5-8)9-4-10(17)14-12(13-9)19-2/h4,8H,3,5-6H2,1-2H3,(H,13,14,17). The lowest BCUT2D eigenvalue weighted by Crippen LogP contribution is -2.27. The number of rotatable bonds is 4. The van der Waals surface area contributed by atoms with Crippen molar-refractivity contribution in [1.82, 2.24) is 9.97 Å². The molecule has 1 unspecified atom stereocenters. The second-order valence-corrected chi connectivity index (χ2v) is 6.48. The summed E-state index contributed by atoms with van der Waals surface area (Å²) in [5.41, 5.74) is -0.270. The molecule has 1 amide bonds. The third-order valence-corrected chi connectivity index (χ3v) is 4.53. The first-order valence-electron chi connectivity index (χ1n) is 6.08. The zero-order valence-electron chi connectivity index (χ0n) is 11.2. The van der Waals surface area contributed by atoms with Crippen molar-refractivity contribution in [3.8, 4) is 0 Å². The Hall–Kier alpha value is -1.28. The maximum atomic E-state index is 12.0. The number of carbonyl (C=O) groups is 2. The van der Waals surface area contributed by atoms with Crippen LogP contribution in [0, 0.1) is 5.92 Å². The molecule has 0 aromatic carbocycles. The van der Waals surface area contributed by atoms with Crippen molar-refractivity contribution in [2.75, 3.05) is 23.5 Å². The number of hydrogen-bond acceptors (Lipinski definition) is 6. The Bertz CT molecular complexity index is 588. The molecule has 2 rings (SSSR count). The smallest absolute Gasteiger partial charge is 0.253 e. The van der Waals surface area contributed by atoms with E-state index in [9.17, 15) is 14.4 Å². The molecule has 0 saturated carbocycles. The first kappa shape index (κ1) is 15.1. The zero-order valence-corrected chi connectivity index (χ0v) is 12.8. The van der Waals surface area contributed by atoms with Crippen LogP contribution in [0.15, 0.2) is 16.0 Å². The first-order valence-corrected chi connectivity index (χ1v) is 8.29. The summed E-state index contributed by atoms with van der Waals surface area (Å²) in [6, 6.07) is 1.33. The Balaban J connectivity index is 2.13. The van der Waals surface area contributed by atoms with Crippen LogP contribution in [0.3, 0.4) is 0 Å². The fraction of sp³-hybridized carbons (Fsp3) is 0.500. The minimum Gasteiger partial charge on any atom is -0.301 e. The molecule has 1 atom stereocenters. The Morgan fingerprint density at radius 3 is 2.95 bits per heavy atom. The molecule has 1 aliphatic heterocycles. The maximum Gasteiger partial charge on any atom is 0.253 e. The normalized spacial score (nSPS) is 18.6. The predicted octanol–water partition coefficient (Wildman–Crippen LogP) is 1.12. The van der Waals surface area contributed by atoms with Crippen molar-refractivity contribution >= 4 is 40.4 Å². The van der Waals surface area contributed by atoms with Gasteiger partial charge in [0.15, 0.2) is 10.3 Å². The molecule has 6 nitrogen and oxygen atoms in total. The molecule has 0 spiro atoms. The fourth-order valence-electron chi connectivity index (χ4n) is 2.01. The molecule has 108 valence electrons. The molecule has 20 heavy (non-hydrogen) atoms. The number of hydrogen-bond donors (Lipinski definition) is 1. The van der Waals surface area contributed by atoms with Crippen molar-refractivity contribution < 1.29 is 9.59 Å². The molecular formula is C12H15N3O3S2. The highest BCUT2D eigenvalue weighted by molar-refractivity contribution is 8.13. The second-order valence-electron chi connectivity index (χ2n) is 4.49. The van der Waals surface area contributed by atoms with Crippen molar-refractivity contribution in [3.63, 3.8) is 0 Å². The average molecular weight is 313 g/mol. The van der Waals surface area contributed by atoms with Crippen LogP contribution in [0.25, 0.3) is 0 Å². The zero-order chi connectivity index (χ0) is 14.7. The van der Waals surface area contributed by atoms with Crippen LogP contribution in [-0.4, -0.2) is 39.5 Å². The number of aromatic amines is 1. The minimum atomic E-state index is -0.270. The molecule has 1 saturated heterocycles. The number of anilines is 1. The van der Waals surface area contributed by atoms with Crippen LogP contribution >= 0.6 is 23.5 Å². The topological polar surface area (TPSA) is 83.1 Å². The summed E-state index contributed by atoms with van der Waals surface area (Å²) < 4.78 is 0. The molecule has 2 heterocycles. The van der Waals surface area contributed by atoms with Gasteiger partial charge in [-0.3, -0.25) is 19.3 Å². The van der Waals surface area contributed by atoms with E-state index < -0.39 is 0 Å². The van der Waals surface area contributed by atoms with Crippen LogP contribution in [0.5, 0.6) is 0 Å². The molecule has 8 heteroatoms. The third kappa shape index (κ3) is 3.63. The summed E-state index contributed by atoms with van der Waals surface area (Å²) in [4.78, 5) is 42.9. The van der Waals surface area contributed by atoms with Crippen molar-refractivity contribution in [2.24, 2.45) is 5.92 Å². The van der Waals surface area contributed by atoms with Gasteiger partial charge in [0.1, 0.15) is 5.82 Å². The quantitative estimate of drug-likeness (QED) is 0.662. The Kier molecular flexibility index (Phi) is 4.87. The summed E-state index contributed by atoms with van der Waals surface area (Å²) in [7, 11) is 0. The van der Waals surface area contributed by atoms with Crippen LogP contribution in [0.4, 0.5) is 5.82 Å². The van der Waals surface area contributed by atoms with Gasteiger partial charge in [0.05, 0.1) is 0 Å². The molecule has 0 bridgehead atoms. The fourth-order valence-corrected chi connectivity index (χ4v) is 3.09. The van der Waals surface area contributed by atoms with E-state index in [2.05, 4.69) is 9.97 Å². The summed E-state index contributed by atoms with van der Waals surface area (Å²) >= 11 is 2.55. The summed E-state index contributed by atoms with van der Waals surface area (Å²) in [5.74, 6) is 1.08. The van der Waals surface area contributed by atoms with Crippen molar-refractivity contribution in [1.29, 1.82) is 0 Å². The molecule has 1 aliphatic rings. The van der Waals surface area contributed by atoms with E-state index >= 15 is 0 Å². The van der Waals surface area contributed by atoms with Crippen LogP contribution in [0.1, 0.15) is 13.3 Å². The number of nitrogens with zero attached hydrogens (tertiary/aromatic N) is 2. The van der Waals surface area contributed by atoms with Gasteiger partial charge in [-0.05, 0) is 12.2 Å². The molecule has 0 aliphatic carbocycles. The number of amides is 1. The highest BCUT2D eigenvalue weighted by atomic mass is 32.2. The SMILES string of the molecule is CSc1nc(N2CC(CSC(C)=O)CC2=O)cc(=O)[nH]1. The van der Waals surface area contributed by atoms with Gasteiger partial charge in [-0.1, -0.05) is 23.5 Å². The number of nitrogens with one attached hydrogen (secondary N) is 1. The van der Waals surface area contributed by atoms with E-state index in [1.54, 1.807) is 6.26 Å². The summed E-state index contributed by atoms with van der Waals surface area (Å²) in [6.07, 6.45) is 2.20. The molecular weight excluding hydrogens is 298 g/mol. The lowest BCUT2D eigenvalue weighted by molar-refractivity contribution is -0.117. The largest absolute Gasteiger partial charge is 0.301 e. The van der Waals surface area contributed by atoms with Gasteiger partial charge in [0, 0.05) is 31.7 Å². The van der Waals surface area contributed by atoms with Gasteiger partial charge < -0.3 is 4.98 Å². The molecule has 1 aromatic heterocycles. The van der Waals surface area contributed by atoms with Gasteiger partial charge in [-0.25, -0.2) is 4.98 Å². The molecule has 1 fully saturated rings. The second kappa shape index (κ2) is 6.45. The van der Waals surface area contributed by atoms with E-state index in [1.807, 2.05) is 0 Å². The lowest BCUT2D eigenvalue weighted by Gasteiger charge is -2.15. The van der Waals surface area contributed by atoms with Crippen LogP contribution in [-0.2, 0) is 9.59 Å². The lowest BCUT2D eigenvalue weighted by atomic mass is 10.1. The average Bonchev–Trinajstić information content (AvgIpc) is 2.77. The van der Waals surface area contributed by atoms with Crippen LogP contribution in [0.2, 0.25) is 0 Å². The van der Waals surface area contributed by atoms with E-state index in [-0.39, 0.29) is 22.5 Å². The highest BCUT2D eigenvalue weighted by Crippen LogP contribution is 2.26. The number of aromatic nitrogens is 2. The Morgan fingerprint density at radius 1 is 1.55 bits per heavy atom. The van der Waals surface area contributed by atoms with Gasteiger partial charge in [0.2, 0.25) is 5.91 Å². The van der Waals surface area contributed by atoms with Crippen molar-refractivity contribution in [2.45, 2.75) is 18.5 Å².